The van der Waals surface area contributed by atoms with Crippen LogP contribution in [0, 0.1) is 0 Å². The zero-order valence-electron chi connectivity index (χ0n) is 43.9. The topological polar surface area (TPSA) is 187 Å². The SMILES string of the molecule is CN(C)C=Nc1cc(C(F)F)c(B2OC(C)(C)C(C)(C)O2)cn1.C[C@H]1COCCN1c1cc(-c2cnc(N)cc2C(F)F)nc(N2CCOC[C@@H]2C)n1.C[C@H]1COCCN1c1cc(Cl)nc(N2CCOC[C@@H]2C)n1. The Kier molecular flexibility index (Phi) is 18.8. The zero-order chi connectivity index (χ0) is 53.5. The first-order valence-electron chi connectivity index (χ1n) is 24.8. The molecule has 5 aliphatic rings. The van der Waals surface area contributed by atoms with Gasteiger partial charge in [0.05, 0.1) is 100 Å². The van der Waals surface area contributed by atoms with Crippen LogP contribution in [0.4, 0.5) is 52.7 Å². The van der Waals surface area contributed by atoms with Gasteiger partial charge in [-0.3, -0.25) is 0 Å². The van der Waals surface area contributed by atoms with E-state index in [1.165, 1.54) is 30.9 Å². The van der Waals surface area contributed by atoms with Gasteiger partial charge in [-0.1, -0.05) is 11.6 Å². The van der Waals surface area contributed by atoms with Crippen molar-refractivity contribution in [3.8, 4) is 11.3 Å². The van der Waals surface area contributed by atoms with Crippen molar-refractivity contribution in [1.82, 2.24) is 34.8 Å². The summed E-state index contributed by atoms with van der Waals surface area (Å²) in [5.41, 5.74) is 4.98. The molecule has 0 radical (unpaired) electrons. The number of nitrogens with zero attached hydrogens (tertiary/aromatic N) is 12. The lowest BCUT2D eigenvalue weighted by atomic mass is 9.77. The minimum Gasteiger partial charge on any atom is -0.399 e. The number of rotatable bonds is 10. The number of aromatic nitrogens is 6. The van der Waals surface area contributed by atoms with Crippen molar-refractivity contribution < 1.29 is 45.8 Å². The van der Waals surface area contributed by atoms with Crippen molar-refractivity contribution in [2.45, 2.75) is 104 Å². The number of halogens is 5. The second-order valence-electron chi connectivity index (χ2n) is 20.0. The number of aliphatic imine (C=N–C) groups is 1. The molecule has 19 nitrogen and oxygen atoms in total. The summed E-state index contributed by atoms with van der Waals surface area (Å²) in [6.45, 7) is 23.8. The van der Waals surface area contributed by atoms with E-state index in [2.05, 4.69) is 53.5 Å². The average Bonchev–Trinajstić information content (AvgIpc) is 3.58. The van der Waals surface area contributed by atoms with E-state index in [4.69, 9.17) is 55.6 Å². The Balaban J connectivity index is 0.000000165. The largest absolute Gasteiger partial charge is 0.496 e. The molecule has 5 fully saturated rings. The molecule has 0 aliphatic carbocycles. The van der Waals surface area contributed by atoms with Gasteiger partial charge >= 0.3 is 7.12 Å². The molecule has 4 atom stereocenters. The molecular weight excluding hydrogens is 989 g/mol. The molecule has 25 heteroatoms. The van der Waals surface area contributed by atoms with Gasteiger partial charge in [0.15, 0.2) is 5.82 Å². The van der Waals surface area contributed by atoms with Gasteiger partial charge in [0, 0.05) is 87.0 Å². The summed E-state index contributed by atoms with van der Waals surface area (Å²) >= 11 is 6.22. The van der Waals surface area contributed by atoms with Gasteiger partial charge in [-0.2, -0.15) is 9.97 Å². The van der Waals surface area contributed by atoms with Gasteiger partial charge < -0.3 is 58.5 Å². The molecule has 0 spiro atoms. The Morgan fingerprint density at radius 1 is 0.662 bits per heavy atom. The van der Waals surface area contributed by atoms with Gasteiger partial charge in [-0.15, -0.1) is 0 Å². The molecule has 0 amide bonds. The van der Waals surface area contributed by atoms with Gasteiger partial charge in [0.2, 0.25) is 11.9 Å². The Morgan fingerprint density at radius 2 is 1.14 bits per heavy atom. The fourth-order valence-corrected chi connectivity index (χ4v) is 8.82. The normalized spacial score (nSPS) is 23.0. The van der Waals surface area contributed by atoms with Crippen LogP contribution in [0.15, 0.2) is 41.7 Å². The van der Waals surface area contributed by atoms with E-state index >= 15 is 0 Å². The molecule has 9 heterocycles. The predicted octanol–water partition coefficient (Wildman–Crippen LogP) is 6.63. The molecule has 0 saturated carbocycles. The first kappa shape index (κ1) is 56.5. The van der Waals surface area contributed by atoms with Gasteiger partial charge in [-0.25, -0.2) is 42.5 Å². The third-order valence-corrected chi connectivity index (χ3v) is 13.7. The highest BCUT2D eigenvalue weighted by atomic mass is 35.5. The third kappa shape index (κ3) is 13.8. The maximum atomic E-state index is 13.7. The van der Waals surface area contributed by atoms with Crippen LogP contribution in [0.5, 0.6) is 0 Å². The monoisotopic (exact) mass is 1060 g/mol. The van der Waals surface area contributed by atoms with Gasteiger partial charge in [-0.05, 0) is 67.5 Å². The molecule has 4 aromatic rings. The number of pyridine rings is 2. The Labute approximate surface area is 436 Å². The van der Waals surface area contributed by atoms with E-state index in [0.717, 1.165) is 25.5 Å². The quantitative estimate of drug-likeness (QED) is 0.0586. The minimum absolute atomic E-state index is 0.0483. The second kappa shape index (κ2) is 24.6. The van der Waals surface area contributed by atoms with Crippen molar-refractivity contribution in [2.75, 3.05) is 118 Å². The lowest BCUT2D eigenvalue weighted by Gasteiger charge is -2.37. The van der Waals surface area contributed by atoms with E-state index < -0.39 is 31.2 Å². The lowest BCUT2D eigenvalue weighted by Crippen LogP contribution is -2.46. The Morgan fingerprint density at radius 3 is 1.61 bits per heavy atom. The Bertz CT molecular complexity index is 2450. The summed E-state index contributed by atoms with van der Waals surface area (Å²) in [6, 6.07) is 6.78. The lowest BCUT2D eigenvalue weighted by molar-refractivity contribution is 0.00578. The minimum atomic E-state index is -2.70. The third-order valence-electron chi connectivity index (χ3n) is 13.5. The second-order valence-corrected chi connectivity index (χ2v) is 20.4. The van der Waals surface area contributed by atoms with Gasteiger partial charge in [0.1, 0.15) is 22.6 Å². The van der Waals surface area contributed by atoms with Crippen molar-refractivity contribution >= 4 is 65.7 Å². The predicted molar refractivity (Wildman–Crippen MR) is 279 cm³/mol. The standard InChI is InChI=1S/C20H26F2N6O2.C15H22BF2N3O2.C14H21ClN4O2/c1-12-10-29-5-3-27(12)18-8-16(15-9-24-17(23)7-14(15)19(21)22)25-20(26-18)28-4-6-30-11-13(28)2;1-14(2)15(3,4)23-16(22-14)11-8-19-12(20-9-21(5)6)7-10(11)13(17)18;1-10-8-20-5-3-18(10)13-7-12(15)16-14(17-13)19-4-6-21-9-11(19)2/h7-9,12-13,19H,3-6,10-11H2,1-2H3,(H2,23,24);7-9,13H,1-6H3;7,10-11H,3-6,8-9H2,1-2H3/t12-,13-;;10-,11-/m0.0/s1. The van der Waals surface area contributed by atoms with Crippen LogP contribution in [-0.4, -0.2) is 177 Å². The molecule has 4 aromatic heterocycles. The zero-order valence-corrected chi connectivity index (χ0v) is 44.6. The number of hydrogen-bond acceptors (Lipinski definition) is 18. The molecule has 74 heavy (non-hydrogen) atoms. The molecule has 0 aromatic carbocycles. The summed E-state index contributed by atoms with van der Waals surface area (Å²) in [5, 5.41) is 0.479. The molecule has 5 saturated heterocycles. The molecule has 0 bridgehead atoms. The summed E-state index contributed by atoms with van der Waals surface area (Å²) in [4.78, 5) is 41.0. The fraction of sp³-hybridized carbons (Fsp3) is 0.612. The average molecular weight is 1060 g/mol. The maximum absolute atomic E-state index is 13.7. The summed E-state index contributed by atoms with van der Waals surface area (Å²) < 4.78 is 88.1. The van der Waals surface area contributed by atoms with Crippen LogP contribution >= 0.6 is 11.6 Å². The van der Waals surface area contributed by atoms with Crippen LogP contribution in [0.2, 0.25) is 5.15 Å². The highest BCUT2D eigenvalue weighted by Gasteiger charge is 2.52. The van der Waals surface area contributed by atoms with Crippen LogP contribution in [0.1, 0.15) is 79.4 Å². The number of morpholine rings is 4. The van der Waals surface area contributed by atoms with Crippen LogP contribution in [0.25, 0.3) is 11.3 Å². The molecule has 9 rings (SSSR count). The van der Waals surface area contributed by atoms with Crippen LogP contribution < -0.4 is 30.8 Å². The number of hydrogen-bond donors (Lipinski definition) is 1. The Hall–Kier alpha value is -5.24. The number of anilines is 5. The fourth-order valence-electron chi connectivity index (χ4n) is 8.64. The van der Waals surface area contributed by atoms with E-state index in [-0.39, 0.29) is 51.9 Å². The van der Waals surface area contributed by atoms with E-state index in [9.17, 15) is 17.6 Å². The summed E-state index contributed by atoms with van der Waals surface area (Å²) in [7, 11) is 2.70. The highest BCUT2D eigenvalue weighted by molar-refractivity contribution is 6.62. The van der Waals surface area contributed by atoms with Crippen molar-refractivity contribution in [3.63, 3.8) is 0 Å². The first-order chi connectivity index (χ1) is 35.1. The van der Waals surface area contributed by atoms with Crippen molar-refractivity contribution in [3.05, 3.63) is 52.9 Å². The number of ether oxygens (including phenoxy) is 4. The number of nitrogen functional groups attached to an aromatic ring is 1. The van der Waals surface area contributed by atoms with Crippen LogP contribution in [0.3, 0.4) is 0 Å². The molecule has 0 unspecified atom stereocenters. The number of alkyl halides is 4. The number of nitrogens with two attached hydrogens (primary N) is 1. The molecule has 404 valence electrons. The maximum Gasteiger partial charge on any atom is 0.496 e. The van der Waals surface area contributed by atoms with Crippen molar-refractivity contribution in [1.29, 1.82) is 0 Å². The smallest absolute Gasteiger partial charge is 0.399 e. The molecular formula is C49H69BClF4N13O6. The highest BCUT2D eigenvalue weighted by Crippen LogP contribution is 2.38. The van der Waals surface area contributed by atoms with Crippen molar-refractivity contribution in [2.24, 2.45) is 4.99 Å². The van der Waals surface area contributed by atoms with Gasteiger partial charge in [0.25, 0.3) is 12.9 Å². The van der Waals surface area contributed by atoms with Crippen LogP contribution in [-0.2, 0) is 28.3 Å². The summed E-state index contributed by atoms with van der Waals surface area (Å²) in [6.07, 6.45) is -1.15. The van der Waals surface area contributed by atoms with E-state index in [1.54, 1.807) is 25.1 Å². The molecule has 5 aliphatic heterocycles. The summed E-state index contributed by atoms with van der Waals surface area (Å²) in [5.74, 6) is 3.00. The van der Waals surface area contributed by atoms with E-state index in [0.29, 0.717) is 93.9 Å². The molecule has 2 N–H and O–H groups in total. The van der Waals surface area contributed by atoms with E-state index in [1.807, 2.05) is 52.5 Å². The first-order valence-corrected chi connectivity index (χ1v) is 25.2.